The molecular formula is C11H22N2O. The number of ether oxygens (including phenoxy) is 1. The topological polar surface area (TPSA) is 15.7 Å². The number of likely N-dealkylation sites (N-methyl/N-ethyl adjacent to an activating group) is 1. The van der Waals surface area contributed by atoms with Crippen LogP contribution in [0, 0.1) is 5.92 Å². The van der Waals surface area contributed by atoms with Gasteiger partial charge in [0, 0.05) is 34.3 Å². The number of hydrogen-bond acceptors (Lipinski definition) is 3. The lowest BCUT2D eigenvalue weighted by atomic mass is 10.0. The standard InChI is InChI=1S/C11H22N2O/c1-10-5-6-11(13(3)9-10)12(2)7-8-14-4/h6,10H,5,7-9H2,1-4H3. The Bertz CT molecular complexity index is 203. The fourth-order valence-electron chi connectivity index (χ4n) is 1.89. The van der Waals surface area contributed by atoms with Crippen LogP contribution in [0.5, 0.6) is 0 Å². The van der Waals surface area contributed by atoms with Gasteiger partial charge in [-0.15, -0.1) is 0 Å². The summed E-state index contributed by atoms with van der Waals surface area (Å²) in [5.41, 5.74) is 0. The molecule has 1 unspecified atom stereocenters. The van der Waals surface area contributed by atoms with Gasteiger partial charge >= 0.3 is 0 Å². The lowest BCUT2D eigenvalue weighted by Crippen LogP contribution is -2.37. The zero-order chi connectivity index (χ0) is 10.6. The second-order valence-corrected chi connectivity index (χ2v) is 4.20. The van der Waals surface area contributed by atoms with E-state index < -0.39 is 0 Å². The van der Waals surface area contributed by atoms with Gasteiger partial charge in [0.2, 0.25) is 0 Å². The second kappa shape index (κ2) is 5.25. The molecule has 1 aliphatic rings. The first-order chi connectivity index (χ1) is 6.65. The van der Waals surface area contributed by atoms with E-state index in [1.165, 1.54) is 12.2 Å². The number of nitrogens with zero attached hydrogens (tertiary/aromatic N) is 2. The Hall–Kier alpha value is -0.700. The van der Waals surface area contributed by atoms with Crippen LogP contribution in [-0.4, -0.2) is 50.7 Å². The van der Waals surface area contributed by atoms with Crippen LogP contribution in [0.4, 0.5) is 0 Å². The van der Waals surface area contributed by atoms with Crippen LogP contribution in [0.25, 0.3) is 0 Å². The lowest BCUT2D eigenvalue weighted by Gasteiger charge is -2.35. The minimum atomic E-state index is 0.777. The minimum Gasteiger partial charge on any atom is -0.383 e. The van der Waals surface area contributed by atoms with E-state index in [1.54, 1.807) is 7.11 Å². The van der Waals surface area contributed by atoms with Crippen molar-refractivity contribution in [1.82, 2.24) is 9.80 Å². The average Bonchev–Trinajstić information content (AvgIpc) is 2.14. The first-order valence-corrected chi connectivity index (χ1v) is 5.26. The molecule has 0 bridgehead atoms. The van der Waals surface area contributed by atoms with Crippen LogP contribution in [0.1, 0.15) is 13.3 Å². The lowest BCUT2D eigenvalue weighted by molar-refractivity contribution is 0.150. The van der Waals surface area contributed by atoms with Crippen LogP contribution in [0.15, 0.2) is 11.9 Å². The summed E-state index contributed by atoms with van der Waals surface area (Å²) in [6, 6.07) is 0. The molecule has 0 N–H and O–H groups in total. The van der Waals surface area contributed by atoms with Gasteiger partial charge in [-0.05, 0) is 18.4 Å². The molecule has 0 amide bonds. The SMILES string of the molecule is COCCN(C)C1=CCC(C)CN1C. The van der Waals surface area contributed by atoms with E-state index in [4.69, 9.17) is 4.74 Å². The summed E-state index contributed by atoms with van der Waals surface area (Å²) in [5, 5.41) is 0. The van der Waals surface area contributed by atoms with E-state index >= 15 is 0 Å². The number of methoxy groups -OCH3 is 1. The molecule has 0 saturated carbocycles. The molecule has 3 heteroatoms. The van der Waals surface area contributed by atoms with E-state index in [1.807, 2.05) is 0 Å². The fraction of sp³-hybridized carbons (Fsp3) is 0.818. The van der Waals surface area contributed by atoms with Crippen molar-refractivity contribution in [1.29, 1.82) is 0 Å². The maximum absolute atomic E-state index is 5.07. The van der Waals surface area contributed by atoms with Gasteiger partial charge in [-0.1, -0.05) is 6.92 Å². The molecule has 1 aliphatic heterocycles. The molecular weight excluding hydrogens is 176 g/mol. The van der Waals surface area contributed by atoms with Crippen molar-refractivity contribution >= 4 is 0 Å². The van der Waals surface area contributed by atoms with Crippen molar-refractivity contribution in [3.63, 3.8) is 0 Å². The van der Waals surface area contributed by atoms with Gasteiger partial charge in [-0.25, -0.2) is 0 Å². The van der Waals surface area contributed by atoms with Crippen molar-refractivity contribution in [3.05, 3.63) is 11.9 Å². The summed E-state index contributed by atoms with van der Waals surface area (Å²) in [5.74, 6) is 2.11. The third-order valence-corrected chi connectivity index (χ3v) is 2.70. The Morgan fingerprint density at radius 3 is 2.93 bits per heavy atom. The molecule has 0 saturated heterocycles. The smallest absolute Gasteiger partial charge is 0.0993 e. The largest absolute Gasteiger partial charge is 0.383 e. The van der Waals surface area contributed by atoms with Crippen LogP contribution in [0.3, 0.4) is 0 Å². The Labute approximate surface area is 87.3 Å². The molecule has 0 radical (unpaired) electrons. The van der Waals surface area contributed by atoms with Crippen molar-refractivity contribution < 1.29 is 4.74 Å². The molecule has 1 rings (SSSR count). The van der Waals surface area contributed by atoms with Gasteiger partial charge < -0.3 is 14.5 Å². The monoisotopic (exact) mass is 198 g/mol. The number of rotatable bonds is 4. The molecule has 14 heavy (non-hydrogen) atoms. The van der Waals surface area contributed by atoms with Gasteiger partial charge in [0.05, 0.1) is 12.4 Å². The third kappa shape index (κ3) is 2.91. The molecule has 1 atom stereocenters. The first-order valence-electron chi connectivity index (χ1n) is 5.26. The van der Waals surface area contributed by atoms with Crippen molar-refractivity contribution in [2.24, 2.45) is 5.92 Å². The average molecular weight is 198 g/mol. The van der Waals surface area contributed by atoms with E-state index in [-0.39, 0.29) is 0 Å². The van der Waals surface area contributed by atoms with Crippen LogP contribution < -0.4 is 0 Å². The predicted octanol–water partition coefficient (Wildman–Crippen LogP) is 1.38. The Balaban J connectivity index is 2.49. The zero-order valence-corrected chi connectivity index (χ0v) is 9.79. The van der Waals surface area contributed by atoms with E-state index in [2.05, 4.69) is 36.9 Å². The van der Waals surface area contributed by atoms with Gasteiger partial charge in [0.15, 0.2) is 0 Å². The molecule has 0 fully saturated rings. The molecule has 1 heterocycles. The number of allylic oxidation sites excluding steroid dienone is 1. The fourth-order valence-corrected chi connectivity index (χ4v) is 1.89. The highest BCUT2D eigenvalue weighted by Crippen LogP contribution is 2.19. The highest BCUT2D eigenvalue weighted by atomic mass is 16.5. The van der Waals surface area contributed by atoms with Crippen molar-refractivity contribution in [3.8, 4) is 0 Å². The summed E-state index contributed by atoms with van der Waals surface area (Å²) in [6.45, 7) is 5.19. The van der Waals surface area contributed by atoms with Crippen LogP contribution in [0.2, 0.25) is 0 Å². The van der Waals surface area contributed by atoms with Crippen LogP contribution >= 0.6 is 0 Å². The van der Waals surface area contributed by atoms with E-state index in [0.717, 1.165) is 25.6 Å². The second-order valence-electron chi connectivity index (χ2n) is 4.20. The normalized spacial score (nSPS) is 22.1. The van der Waals surface area contributed by atoms with Crippen LogP contribution in [-0.2, 0) is 4.74 Å². The van der Waals surface area contributed by atoms with Gasteiger partial charge in [-0.2, -0.15) is 0 Å². The zero-order valence-electron chi connectivity index (χ0n) is 9.79. The van der Waals surface area contributed by atoms with E-state index in [9.17, 15) is 0 Å². The summed E-state index contributed by atoms with van der Waals surface area (Å²) in [6.07, 6.45) is 3.51. The summed E-state index contributed by atoms with van der Waals surface area (Å²) in [4.78, 5) is 4.58. The first kappa shape index (κ1) is 11.4. The Morgan fingerprint density at radius 1 is 1.64 bits per heavy atom. The Kier molecular flexibility index (Phi) is 4.26. The van der Waals surface area contributed by atoms with Gasteiger partial charge in [0.25, 0.3) is 0 Å². The summed E-state index contributed by atoms with van der Waals surface area (Å²) < 4.78 is 5.07. The molecule has 0 aromatic carbocycles. The minimum absolute atomic E-state index is 0.777. The number of hydrogen-bond donors (Lipinski definition) is 0. The molecule has 3 nitrogen and oxygen atoms in total. The summed E-state index contributed by atoms with van der Waals surface area (Å²) in [7, 11) is 6.02. The van der Waals surface area contributed by atoms with E-state index in [0.29, 0.717) is 0 Å². The maximum atomic E-state index is 5.07. The Morgan fingerprint density at radius 2 is 2.36 bits per heavy atom. The molecule has 0 aromatic heterocycles. The summed E-state index contributed by atoms with van der Waals surface area (Å²) >= 11 is 0. The third-order valence-electron chi connectivity index (χ3n) is 2.70. The van der Waals surface area contributed by atoms with Gasteiger partial charge in [-0.3, -0.25) is 0 Å². The highest BCUT2D eigenvalue weighted by molar-refractivity contribution is 5.03. The van der Waals surface area contributed by atoms with Gasteiger partial charge in [0.1, 0.15) is 0 Å². The highest BCUT2D eigenvalue weighted by Gasteiger charge is 2.17. The van der Waals surface area contributed by atoms with Crippen molar-refractivity contribution in [2.75, 3.05) is 40.9 Å². The molecule has 0 spiro atoms. The quantitative estimate of drug-likeness (QED) is 0.678. The maximum Gasteiger partial charge on any atom is 0.0993 e. The molecule has 82 valence electrons. The van der Waals surface area contributed by atoms with Crippen molar-refractivity contribution in [2.45, 2.75) is 13.3 Å². The molecule has 0 aliphatic carbocycles. The predicted molar refractivity (Wildman–Crippen MR) is 59.0 cm³/mol. The molecule has 0 aromatic rings.